The summed E-state index contributed by atoms with van der Waals surface area (Å²) < 4.78 is 33.2. The molecule has 0 aliphatic heterocycles. The van der Waals surface area contributed by atoms with Gasteiger partial charge in [-0.25, -0.2) is 0 Å². The number of rotatable bonds is 25. The van der Waals surface area contributed by atoms with Gasteiger partial charge >= 0.3 is 0 Å². The van der Waals surface area contributed by atoms with E-state index in [9.17, 15) is 8.42 Å². The zero-order chi connectivity index (χ0) is 22.2. The van der Waals surface area contributed by atoms with Crippen LogP contribution in [0, 0.1) is 0 Å². The molecule has 0 rings (SSSR count). The highest BCUT2D eigenvalue weighted by atomic mass is 32.2. The van der Waals surface area contributed by atoms with Crippen molar-refractivity contribution in [3.8, 4) is 0 Å². The predicted octanol–water partition coefficient (Wildman–Crippen LogP) is 6.38. The van der Waals surface area contributed by atoms with E-state index in [0.29, 0.717) is 13.0 Å². The second-order valence-electron chi connectivity index (χ2n) is 8.43. The molecule has 1 N–H and O–H groups in total. The molecule has 0 saturated carbocycles. The summed E-state index contributed by atoms with van der Waals surface area (Å²) in [7, 11) is -3.48. The van der Waals surface area contributed by atoms with Gasteiger partial charge in [-0.1, -0.05) is 103 Å². The molecule has 0 unspecified atom stereocenters. The van der Waals surface area contributed by atoms with Crippen LogP contribution in [0.1, 0.15) is 122 Å². The highest BCUT2D eigenvalue weighted by Crippen LogP contribution is 2.13. The van der Waals surface area contributed by atoms with E-state index < -0.39 is 10.1 Å². The van der Waals surface area contributed by atoms with Crippen LogP contribution in [0.4, 0.5) is 0 Å². The summed E-state index contributed by atoms with van der Waals surface area (Å²) in [6.07, 6.45) is 22.6. The molecule has 0 aromatic carbocycles. The summed E-state index contributed by atoms with van der Waals surface area (Å²) in [4.78, 5) is 0. The third-order valence-electron chi connectivity index (χ3n) is 5.39. The Labute approximate surface area is 187 Å². The van der Waals surface area contributed by atoms with Crippen LogP contribution in [0.25, 0.3) is 0 Å². The largest absolute Gasteiger partial charge is 0.396 e. The Morgan fingerprint density at radius 3 is 1.47 bits per heavy atom. The normalized spacial score (nSPS) is 11.9. The van der Waals surface area contributed by atoms with Crippen molar-refractivity contribution in [2.45, 2.75) is 122 Å². The molecule has 0 fully saturated rings. The first-order chi connectivity index (χ1) is 14.6. The summed E-state index contributed by atoms with van der Waals surface area (Å²) in [6, 6.07) is 0. The first kappa shape index (κ1) is 29.8. The quantitative estimate of drug-likeness (QED) is 0.129. The summed E-state index contributed by atoms with van der Waals surface area (Å²) in [5.74, 6) is -0.121. The van der Waals surface area contributed by atoms with E-state index in [2.05, 4.69) is 6.92 Å². The average Bonchev–Trinajstić information content (AvgIpc) is 2.73. The number of hydrogen-bond acceptors (Lipinski definition) is 5. The molecular weight excluding hydrogens is 400 g/mol. The number of aliphatic hydroxyl groups excluding tert-OH is 1. The fraction of sp³-hybridized carbons (Fsp3) is 1.00. The van der Waals surface area contributed by atoms with E-state index >= 15 is 0 Å². The van der Waals surface area contributed by atoms with Crippen LogP contribution < -0.4 is 0 Å². The maximum atomic E-state index is 11.4. The van der Waals surface area contributed by atoms with Gasteiger partial charge in [0.25, 0.3) is 10.1 Å². The molecule has 0 amide bonds. The van der Waals surface area contributed by atoms with Crippen molar-refractivity contribution in [2.75, 3.05) is 32.2 Å². The van der Waals surface area contributed by atoms with Crippen LogP contribution in [0.2, 0.25) is 0 Å². The van der Waals surface area contributed by atoms with Crippen molar-refractivity contribution in [1.82, 2.24) is 0 Å². The van der Waals surface area contributed by atoms with Crippen molar-refractivity contribution in [1.29, 1.82) is 0 Å². The monoisotopic (exact) mass is 450 g/mol. The third-order valence-corrected chi connectivity index (χ3v) is 6.71. The van der Waals surface area contributed by atoms with Crippen LogP contribution in [-0.4, -0.2) is 45.7 Å². The molecule has 182 valence electrons. The summed E-state index contributed by atoms with van der Waals surface area (Å²) in [6.45, 7) is 3.58. The van der Waals surface area contributed by atoms with Crippen LogP contribution in [0.5, 0.6) is 0 Å². The molecule has 0 atom stereocenters. The van der Waals surface area contributed by atoms with Gasteiger partial charge in [0.1, 0.15) is 0 Å². The lowest BCUT2D eigenvalue weighted by Gasteiger charge is -2.06. The van der Waals surface area contributed by atoms with Gasteiger partial charge in [0.15, 0.2) is 0 Å². The van der Waals surface area contributed by atoms with E-state index in [1.165, 1.54) is 96.3 Å². The molecule has 0 spiro atoms. The Balaban J connectivity index is 3.13. The van der Waals surface area contributed by atoms with Gasteiger partial charge < -0.3 is 9.84 Å². The maximum Gasteiger partial charge on any atom is 0.267 e. The van der Waals surface area contributed by atoms with Crippen molar-refractivity contribution in [3.63, 3.8) is 0 Å². The molecule has 0 heterocycles. The molecule has 0 aromatic heterocycles. The third kappa shape index (κ3) is 24.1. The molecule has 30 heavy (non-hydrogen) atoms. The zero-order valence-corrected chi connectivity index (χ0v) is 20.6. The fourth-order valence-corrected chi connectivity index (χ4v) is 4.47. The lowest BCUT2D eigenvalue weighted by atomic mass is 10.0. The summed E-state index contributed by atoms with van der Waals surface area (Å²) in [5.41, 5.74) is 0. The minimum absolute atomic E-state index is 0.121. The van der Waals surface area contributed by atoms with Crippen molar-refractivity contribution >= 4 is 10.1 Å². The Kier molecular flexibility index (Phi) is 23.4. The summed E-state index contributed by atoms with van der Waals surface area (Å²) >= 11 is 0. The lowest BCUT2D eigenvalue weighted by Crippen LogP contribution is -2.13. The van der Waals surface area contributed by atoms with Crippen molar-refractivity contribution < 1.29 is 22.4 Å². The molecule has 0 saturated heterocycles. The molecule has 6 heteroatoms. The topological polar surface area (TPSA) is 72.8 Å². The number of hydrogen-bond donors (Lipinski definition) is 1. The van der Waals surface area contributed by atoms with Crippen molar-refractivity contribution in [2.24, 2.45) is 0 Å². The SMILES string of the molecule is CCCCCCCCCCCCCCCCCCOCCCOS(=O)(=O)CCCO. The first-order valence-corrected chi connectivity index (χ1v) is 14.3. The molecule has 5 nitrogen and oxygen atoms in total. The number of unbranched alkanes of at least 4 members (excludes halogenated alkanes) is 15. The van der Waals surface area contributed by atoms with Gasteiger partial charge in [-0.05, 0) is 19.3 Å². The molecular formula is C24H50O5S. The van der Waals surface area contributed by atoms with E-state index in [4.69, 9.17) is 14.0 Å². The molecule has 0 aromatic rings. The number of aliphatic hydroxyl groups is 1. The number of ether oxygens (including phenoxy) is 1. The Morgan fingerprint density at radius 2 is 1.00 bits per heavy atom. The van der Waals surface area contributed by atoms with Gasteiger partial charge in [-0.3, -0.25) is 4.18 Å². The Morgan fingerprint density at radius 1 is 0.567 bits per heavy atom. The zero-order valence-electron chi connectivity index (χ0n) is 19.8. The highest BCUT2D eigenvalue weighted by Gasteiger charge is 2.09. The molecule has 0 aliphatic rings. The fourth-order valence-electron chi connectivity index (χ4n) is 3.50. The Hall–Kier alpha value is -0.170. The lowest BCUT2D eigenvalue weighted by molar-refractivity contribution is 0.116. The summed E-state index contributed by atoms with van der Waals surface area (Å²) in [5, 5.41) is 8.64. The van der Waals surface area contributed by atoms with Gasteiger partial charge in [0, 0.05) is 19.8 Å². The maximum absolute atomic E-state index is 11.4. The van der Waals surface area contributed by atoms with Crippen LogP contribution in [-0.2, 0) is 19.0 Å². The second kappa shape index (κ2) is 23.5. The molecule has 0 radical (unpaired) electrons. The molecule has 0 bridgehead atoms. The van der Waals surface area contributed by atoms with Gasteiger partial charge in [-0.2, -0.15) is 8.42 Å². The van der Waals surface area contributed by atoms with Gasteiger partial charge in [-0.15, -0.1) is 0 Å². The predicted molar refractivity (Wildman–Crippen MR) is 126 cm³/mol. The standard InChI is InChI=1S/C24H50O5S/c1-2-3-4-5-6-7-8-9-10-11-12-13-14-15-16-17-21-28-22-19-23-29-30(26,27)24-18-20-25/h25H,2-24H2,1H3. The highest BCUT2D eigenvalue weighted by molar-refractivity contribution is 7.86. The smallest absolute Gasteiger partial charge is 0.267 e. The van der Waals surface area contributed by atoms with Gasteiger partial charge in [0.2, 0.25) is 0 Å². The average molecular weight is 451 g/mol. The van der Waals surface area contributed by atoms with Crippen LogP contribution >= 0.6 is 0 Å². The Bertz CT molecular complexity index is 425. The van der Waals surface area contributed by atoms with Crippen LogP contribution in [0.15, 0.2) is 0 Å². The van der Waals surface area contributed by atoms with Gasteiger partial charge in [0.05, 0.1) is 12.4 Å². The van der Waals surface area contributed by atoms with Crippen LogP contribution in [0.3, 0.4) is 0 Å². The molecule has 0 aliphatic carbocycles. The van der Waals surface area contributed by atoms with E-state index in [0.717, 1.165) is 13.0 Å². The first-order valence-electron chi connectivity index (χ1n) is 12.7. The van der Waals surface area contributed by atoms with E-state index in [1.807, 2.05) is 0 Å². The second-order valence-corrected chi connectivity index (χ2v) is 10.2. The minimum Gasteiger partial charge on any atom is -0.396 e. The minimum atomic E-state index is -3.48. The van der Waals surface area contributed by atoms with E-state index in [-0.39, 0.29) is 25.4 Å². The van der Waals surface area contributed by atoms with E-state index in [1.54, 1.807) is 0 Å². The van der Waals surface area contributed by atoms with Crippen molar-refractivity contribution in [3.05, 3.63) is 0 Å².